The summed E-state index contributed by atoms with van der Waals surface area (Å²) in [7, 11) is -0.348. The van der Waals surface area contributed by atoms with E-state index in [4.69, 9.17) is 0 Å². The monoisotopic (exact) mass is 365 g/mol. The molecule has 3 heterocycles. The van der Waals surface area contributed by atoms with Gasteiger partial charge in [-0.15, -0.1) is 0 Å². The number of rotatable bonds is 4. The van der Waals surface area contributed by atoms with E-state index >= 15 is 0 Å². The maximum atomic E-state index is 12.9. The van der Waals surface area contributed by atoms with Crippen molar-refractivity contribution in [2.24, 2.45) is 5.92 Å². The number of carbonyl (C=O) groups excluding carboxylic acids is 2. The fourth-order valence-corrected chi connectivity index (χ4v) is 4.98. The van der Waals surface area contributed by atoms with Crippen molar-refractivity contribution in [1.82, 2.24) is 14.1 Å². The summed E-state index contributed by atoms with van der Waals surface area (Å²) in [4.78, 5) is 28.0. The summed E-state index contributed by atoms with van der Waals surface area (Å²) >= 11 is 0. The quantitative estimate of drug-likeness (QED) is 0.773. The molecule has 2 amide bonds. The Hall–Kier alpha value is -1.93. The summed E-state index contributed by atoms with van der Waals surface area (Å²) in [6.45, 7) is 0.422. The van der Waals surface area contributed by atoms with E-state index in [1.165, 1.54) is 9.21 Å². The van der Waals surface area contributed by atoms with Gasteiger partial charge in [-0.2, -0.15) is 4.31 Å². The summed E-state index contributed by atoms with van der Waals surface area (Å²) < 4.78 is 27.3. The predicted octanol–water partition coefficient (Wildman–Crippen LogP) is 0.386. The molecule has 3 fully saturated rings. The second kappa shape index (κ2) is 6.76. The standard InChI is InChI=1S/C17H23N3O4S/c1-18(2)16(21)12-20-14-9-8-13(17(20)22)10-19(11-14)25(23,24)15-6-4-3-5-7-15/h3-7,13-14H,8-12H2,1-2H3/t13-,14+/m0/s1. The van der Waals surface area contributed by atoms with Gasteiger partial charge in [0.05, 0.1) is 10.8 Å². The number of sulfonamides is 1. The Bertz CT molecular complexity index is 763. The number of carbonyl (C=O) groups is 2. The van der Waals surface area contributed by atoms with Crippen LogP contribution >= 0.6 is 0 Å². The highest BCUT2D eigenvalue weighted by atomic mass is 32.2. The molecule has 136 valence electrons. The van der Waals surface area contributed by atoms with Crippen LogP contribution in [0.2, 0.25) is 0 Å². The van der Waals surface area contributed by atoms with Crippen molar-refractivity contribution in [1.29, 1.82) is 0 Å². The van der Waals surface area contributed by atoms with E-state index in [1.807, 2.05) is 0 Å². The maximum Gasteiger partial charge on any atom is 0.243 e. The van der Waals surface area contributed by atoms with Gasteiger partial charge >= 0.3 is 0 Å². The second-order valence-electron chi connectivity index (χ2n) is 6.82. The Morgan fingerprint density at radius 3 is 2.48 bits per heavy atom. The summed E-state index contributed by atoms with van der Waals surface area (Å²) in [5.41, 5.74) is 0. The Morgan fingerprint density at radius 2 is 1.84 bits per heavy atom. The summed E-state index contributed by atoms with van der Waals surface area (Å²) in [5.74, 6) is -0.650. The number of likely N-dealkylation sites (N-methyl/N-ethyl adjacent to an activating group) is 1. The van der Waals surface area contributed by atoms with E-state index in [2.05, 4.69) is 0 Å². The molecule has 0 aromatic heterocycles. The fourth-order valence-electron chi connectivity index (χ4n) is 3.43. The van der Waals surface area contributed by atoms with Gasteiger partial charge in [-0.05, 0) is 25.0 Å². The van der Waals surface area contributed by atoms with Crippen LogP contribution in [0.5, 0.6) is 0 Å². The zero-order valence-corrected chi connectivity index (χ0v) is 15.3. The molecule has 8 heteroatoms. The van der Waals surface area contributed by atoms with E-state index in [1.54, 1.807) is 49.3 Å². The molecule has 3 aliphatic heterocycles. The van der Waals surface area contributed by atoms with Crippen LogP contribution in [-0.2, 0) is 19.6 Å². The van der Waals surface area contributed by atoms with Gasteiger partial charge in [-0.25, -0.2) is 8.42 Å². The van der Waals surface area contributed by atoms with Crippen molar-refractivity contribution in [3.63, 3.8) is 0 Å². The van der Waals surface area contributed by atoms with Crippen molar-refractivity contribution in [3.8, 4) is 0 Å². The molecular weight excluding hydrogens is 342 g/mol. The molecule has 3 aliphatic rings. The summed E-state index contributed by atoms with van der Waals surface area (Å²) in [6, 6.07) is 8.02. The Morgan fingerprint density at radius 1 is 1.16 bits per heavy atom. The normalized spacial score (nSPS) is 24.2. The Balaban J connectivity index is 1.86. The molecule has 1 aromatic carbocycles. The molecule has 1 aromatic rings. The lowest BCUT2D eigenvalue weighted by Crippen LogP contribution is -2.51. The minimum atomic E-state index is -3.64. The van der Waals surface area contributed by atoms with Crippen LogP contribution in [0.4, 0.5) is 0 Å². The van der Waals surface area contributed by atoms with Gasteiger partial charge in [0, 0.05) is 33.2 Å². The first-order valence-electron chi connectivity index (χ1n) is 8.36. The minimum absolute atomic E-state index is 0.00618. The Kier molecular flexibility index (Phi) is 4.83. The molecule has 2 bridgehead atoms. The van der Waals surface area contributed by atoms with E-state index in [0.717, 1.165) is 6.42 Å². The summed E-state index contributed by atoms with van der Waals surface area (Å²) in [6.07, 6.45) is 1.38. The number of fused-ring (bicyclic) bond motifs is 4. The van der Waals surface area contributed by atoms with Gasteiger partial charge in [-0.1, -0.05) is 18.2 Å². The lowest BCUT2D eigenvalue weighted by Gasteiger charge is -2.36. The first-order chi connectivity index (χ1) is 11.8. The van der Waals surface area contributed by atoms with Crippen molar-refractivity contribution >= 4 is 21.8 Å². The van der Waals surface area contributed by atoms with Crippen LogP contribution < -0.4 is 0 Å². The third kappa shape index (κ3) is 3.41. The molecule has 7 nitrogen and oxygen atoms in total. The zero-order valence-electron chi connectivity index (χ0n) is 14.5. The maximum absolute atomic E-state index is 12.9. The molecule has 4 rings (SSSR count). The Labute approximate surface area is 148 Å². The van der Waals surface area contributed by atoms with Crippen LogP contribution in [0, 0.1) is 5.92 Å². The van der Waals surface area contributed by atoms with E-state index in [0.29, 0.717) is 6.42 Å². The smallest absolute Gasteiger partial charge is 0.243 e. The molecular formula is C17H23N3O4S. The highest BCUT2D eigenvalue weighted by Crippen LogP contribution is 2.31. The van der Waals surface area contributed by atoms with Gasteiger partial charge in [-0.3, -0.25) is 9.59 Å². The average molecular weight is 365 g/mol. The number of piperidine rings is 1. The first-order valence-corrected chi connectivity index (χ1v) is 9.80. The van der Waals surface area contributed by atoms with Gasteiger partial charge < -0.3 is 9.80 Å². The lowest BCUT2D eigenvalue weighted by atomic mass is 9.94. The van der Waals surface area contributed by atoms with Crippen LogP contribution in [0.25, 0.3) is 0 Å². The third-order valence-corrected chi connectivity index (χ3v) is 6.79. The van der Waals surface area contributed by atoms with Crippen molar-refractivity contribution in [2.45, 2.75) is 23.8 Å². The SMILES string of the molecule is CN(C)C(=O)CN1C(=O)[C@H]2CC[C@@H]1CN(S(=O)(=O)c1ccccc1)C2. The zero-order chi connectivity index (χ0) is 18.2. The fraction of sp³-hybridized carbons (Fsp3) is 0.529. The number of nitrogens with zero attached hydrogens (tertiary/aromatic N) is 3. The third-order valence-electron chi connectivity index (χ3n) is 4.95. The topological polar surface area (TPSA) is 78.0 Å². The van der Waals surface area contributed by atoms with Crippen molar-refractivity contribution < 1.29 is 18.0 Å². The molecule has 0 radical (unpaired) electrons. The van der Waals surface area contributed by atoms with Crippen LogP contribution in [0.3, 0.4) is 0 Å². The number of hydrogen-bond acceptors (Lipinski definition) is 4. The van der Waals surface area contributed by atoms with E-state index < -0.39 is 10.0 Å². The molecule has 2 atom stereocenters. The minimum Gasteiger partial charge on any atom is -0.347 e. The number of benzene rings is 1. The van der Waals surface area contributed by atoms with Crippen molar-refractivity contribution in [2.75, 3.05) is 33.7 Å². The van der Waals surface area contributed by atoms with E-state index in [9.17, 15) is 18.0 Å². The average Bonchev–Trinajstić information content (AvgIpc) is 2.89. The van der Waals surface area contributed by atoms with Gasteiger partial charge in [0.1, 0.15) is 6.54 Å². The van der Waals surface area contributed by atoms with Gasteiger partial charge in [0.15, 0.2) is 0 Å². The summed E-state index contributed by atoms with van der Waals surface area (Å²) in [5, 5.41) is 0. The highest BCUT2D eigenvalue weighted by molar-refractivity contribution is 7.89. The van der Waals surface area contributed by atoms with E-state index in [-0.39, 0.29) is 48.3 Å². The molecule has 3 saturated heterocycles. The lowest BCUT2D eigenvalue weighted by molar-refractivity contribution is -0.145. The predicted molar refractivity (Wildman–Crippen MR) is 92.1 cm³/mol. The molecule has 0 unspecified atom stereocenters. The van der Waals surface area contributed by atoms with Gasteiger partial charge in [0.25, 0.3) is 0 Å². The van der Waals surface area contributed by atoms with Crippen LogP contribution in [-0.4, -0.2) is 74.1 Å². The van der Waals surface area contributed by atoms with Gasteiger partial charge in [0.2, 0.25) is 21.8 Å². The molecule has 25 heavy (non-hydrogen) atoms. The molecule has 0 N–H and O–H groups in total. The highest BCUT2D eigenvalue weighted by Gasteiger charge is 2.44. The number of amides is 2. The largest absolute Gasteiger partial charge is 0.347 e. The second-order valence-corrected chi connectivity index (χ2v) is 8.76. The van der Waals surface area contributed by atoms with Crippen LogP contribution in [0.1, 0.15) is 12.8 Å². The molecule has 0 aliphatic carbocycles. The number of hydrogen-bond donors (Lipinski definition) is 0. The van der Waals surface area contributed by atoms with Crippen molar-refractivity contribution in [3.05, 3.63) is 30.3 Å². The first kappa shape index (κ1) is 17.9. The van der Waals surface area contributed by atoms with Crippen LogP contribution in [0.15, 0.2) is 35.2 Å². The molecule has 0 spiro atoms. The molecule has 0 saturated carbocycles.